The van der Waals surface area contributed by atoms with Gasteiger partial charge in [-0.25, -0.2) is 9.97 Å². The zero-order valence-corrected chi connectivity index (χ0v) is 41.5. The van der Waals surface area contributed by atoms with Crippen molar-refractivity contribution < 1.29 is 26.3 Å². The predicted octanol–water partition coefficient (Wildman–Crippen LogP) is 11.6. The number of hydrogen-bond donors (Lipinski definition) is 4. The second-order valence-electron chi connectivity index (χ2n) is 15.7. The maximum Gasteiger partial charge on any atom is 0.335 e. The summed E-state index contributed by atoms with van der Waals surface area (Å²) in [5.74, 6) is 3.04. The molecule has 360 valence electrons. The molecule has 6 aromatic carbocycles. The first-order valence-electron chi connectivity index (χ1n) is 21.8. The van der Waals surface area contributed by atoms with Gasteiger partial charge >= 0.3 is 23.1 Å². The van der Waals surface area contributed by atoms with Crippen molar-refractivity contribution in [2.75, 3.05) is 35.5 Å². The molecule has 17 heteroatoms. The molecule has 2 aromatic heterocycles. The first-order valence-corrected chi connectivity index (χ1v) is 23.1. The number of hydrogen-bond acceptors (Lipinski definition) is 14. The Morgan fingerprint density at radius 3 is 1.24 bits per heavy atom. The molecular formula is C54H49ClN8O6S2. The van der Waals surface area contributed by atoms with E-state index in [0.717, 1.165) is 90.9 Å². The third-order valence-electron chi connectivity index (χ3n) is 11.0. The highest BCUT2D eigenvalue weighted by atomic mass is 35.5. The molecule has 2 aliphatic heterocycles. The number of nitrogens with zero attached hydrogens (tertiary/aromatic N) is 4. The Hall–Kier alpha value is -8.31. The zero-order valence-electron chi connectivity index (χ0n) is 39.0. The van der Waals surface area contributed by atoms with Gasteiger partial charge in [-0.2, -0.15) is 16.8 Å². The van der Waals surface area contributed by atoms with Crippen LogP contribution in [0.5, 0.6) is 11.5 Å². The standard InChI is InChI=1S/2C27H24N4O.ClH.2O2S/c2*1-18-6-5-7-21(14-18)30-22-11-10-20-17-29-27(23(20)16-22)19-12-13-28-26(15-19)31-24-8-3-4-9-25(24)32-2;;2*1-3-2/h2*3-16,30H,17H2,1-2H3,(H,28,31);1H;;. The van der Waals surface area contributed by atoms with E-state index in [1.165, 1.54) is 22.3 Å². The van der Waals surface area contributed by atoms with E-state index >= 15 is 0 Å². The lowest BCUT2D eigenvalue weighted by Gasteiger charge is -2.12. The molecule has 0 atom stereocenters. The SMILES string of the molecule is COc1ccccc1Nc1cc(C2=NCc3ccc(Nc4cccc(C)c4)cc32)ccn1.COc1ccccc1Nc1cc(C2=NCc3ccc(Nc4cccc(C)c4)cc32)ccn1.Cl.O=S=O.O=S=O. The largest absolute Gasteiger partial charge is 0.495 e. The highest BCUT2D eigenvalue weighted by molar-refractivity contribution is 7.52. The lowest BCUT2D eigenvalue weighted by atomic mass is 10.00. The van der Waals surface area contributed by atoms with Crippen molar-refractivity contribution in [1.29, 1.82) is 0 Å². The van der Waals surface area contributed by atoms with Crippen molar-refractivity contribution in [1.82, 2.24) is 9.97 Å². The fourth-order valence-corrected chi connectivity index (χ4v) is 7.86. The van der Waals surface area contributed by atoms with Crippen LogP contribution in [0.4, 0.5) is 45.8 Å². The van der Waals surface area contributed by atoms with Gasteiger partial charge in [-0.3, -0.25) is 9.98 Å². The number of aliphatic imine (C=N–C) groups is 2. The van der Waals surface area contributed by atoms with Crippen molar-refractivity contribution in [2.45, 2.75) is 26.9 Å². The summed E-state index contributed by atoms with van der Waals surface area (Å²) in [5.41, 5.74) is 17.2. The Morgan fingerprint density at radius 1 is 0.451 bits per heavy atom. The predicted molar refractivity (Wildman–Crippen MR) is 287 cm³/mol. The highest BCUT2D eigenvalue weighted by Gasteiger charge is 2.20. The van der Waals surface area contributed by atoms with Gasteiger partial charge in [0, 0.05) is 57.4 Å². The Kier molecular flexibility index (Phi) is 19.0. The molecule has 0 unspecified atom stereocenters. The summed E-state index contributed by atoms with van der Waals surface area (Å²) in [6.45, 7) is 5.57. The zero-order chi connectivity index (χ0) is 49.2. The molecule has 0 aliphatic carbocycles. The topological polar surface area (TPSA) is 185 Å². The molecule has 4 heterocycles. The minimum Gasteiger partial charge on any atom is -0.495 e. The highest BCUT2D eigenvalue weighted by Crippen LogP contribution is 2.32. The van der Waals surface area contributed by atoms with E-state index in [4.69, 9.17) is 36.3 Å². The van der Waals surface area contributed by atoms with Crippen LogP contribution in [-0.4, -0.2) is 52.4 Å². The molecule has 0 bridgehead atoms. The number of methoxy groups -OCH3 is 2. The summed E-state index contributed by atoms with van der Waals surface area (Å²) in [5, 5.41) is 13.7. The molecule has 71 heavy (non-hydrogen) atoms. The van der Waals surface area contributed by atoms with Crippen LogP contribution in [-0.2, 0) is 36.2 Å². The summed E-state index contributed by atoms with van der Waals surface area (Å²) >= 11 is -1.50. The van der Waals surface area contributed by atoms with Crippen molar-refractivity contribution in [3.63, 3.8) is 0 Å². The normalized spacial score (nSPS) is 11.3. The number of anilines is 8. The fraction of sp³-hybridized carbons (Fsp3) is 0.111. The quantitative estimate of drug-likeness (QED) is 0.0909. The summed E-state index contributed by atoms with van der Waals surface area (Å²) in [6, 6.07) is 53.3. The molecule has 10 rings (SSSR count). The molecule has 0 radical (unpaired) electrons. The Morgan fingerprint density at radius 2 is 0.845 bits per heavy atom. The average Bonchev–Trinajstić information content (AvgIpc) is 4.00. The lowest BCUT2D eigenvalue weighted by molar-refractivity contribution is 0.416. The van der Waals surface area contributed by atoms with E-state index in [-0.39, 0.29) is 12.4 Å². The number of halogens is 1. The summed E-state index contributed by atoms with van der Waals surface area (Å²) in [6.07, 6.45) is 3.62. The fourth-order valence-electron chi connectivity index (χ4n) is 7.86. The maximum atomic E-state index is 8.29. The minimum absolute atomic E-state index is 0. The second kappa shape index (κ2) is 25.9. The van der Waals surface area contributed by atoms with E-state index in [2.05, 4.69) is 130 Å². The summed E-state index contributed by atoms with van der Waals surface area (Å²) < 4.78 is 44.1. The van der Waals surface area contributed by atoms with E-state index in [9.17, 15) is 0 Å². The van der Waals surface area contributed by atoms with Crippen LogP contribution in [0.2, 0.25) is 0 Å². The molecule has 0 amide bonds. The summed E-state index contributed by atoms with van der Waals surface area (Å²) in [4.78, 5) is 18.6. The van der Waals surface area contributed by atoms with Gasteiger partial charge in [-0.05, 0) is 133 Å². The Balaban J connectivity index is 0.000000207. The average molecular weight is 1010 g/mol. The molecule has 0 saturated heterocycles. The minimum atomic E-state index is -0.750. The molecular weight excluding hydrogens is 956 g/mol. The third-order valence-corrected chi connectivity index (χ3v) is 11.0. The Labute approximate surface area is 425 Å². The van der Waals surface area contributed by atoms with Crippen molar-refractivity contribution in [2.24, 2.45) is 9.98 Å². The second-order valence-corrected chi connectivity index (χ2v) is 16.0. The first-order chi connectivity index (χ1) is 34.2. The van der Waals surface area contributed by atoms with Crippen LogP contribution in [0.3, 0.4) is 0 Å². The van der Waals surface area contributed by atoms with Crippen LogP contribution in [0.25, 0.3) is 0 Å². The third kappa shape index (κ3) is 13.9. The molecule has 0 fully saturated rings. The molecule has 8 aromatic rings. The number of para-hydroxylation sites is 4. The van der Waals surface area contributed by atoms with Gasteiger partial charge in [0.1, 0.15) is 23.1 Å². The van der Waals surface area contributed by atoms with E-state index < -0.39 is 23.1 Å². The van der Waals surface area contributed by atoms with Gasteiger partial charge in [0.25, 0.3) is 0 Å². The number of fused-ring (bicyclic) bond motifs is 2. The maximum absolute atomic E-state index is 8.29. The van der Waals surface area contributed by atoms with Gasteiger partial charge in [0.2, 0.25) is 0 Å². The van der Waals surface area contributed by atoms with Crippen molar-refractivity contribution in [3.8, 4) is 11.5 Å². The van der Waals surface area contributed by atoms with Gasteiger partial charge in [-0.1, -0.05) is 60.7 Å². The first kappa shape index (κ1) is 52.1. The van der Waals surface area contributed by atoms with E-state index in [1.54, 1.807) is 14.2 Å². The molecule has 0 saturated carbocycles. The van der Waals surface area contributed by atoms with Crippen molar-refractivity contribution in [3.05, 3.63) is 215 Å². The lowest BCUT2D eigenvalue weighted by Crippen LogP contribution is -2.04. The van der Waals surface area contributed by atoms with Gasteiger partial charge in [-0.15, -0.1) is 12.4 Å². The number of nitrogens with one attached hydrogen (secondary N) is 4. The summed E-state index contributed by atoms with van der Waals surface area (Å²) in [7, 11) is 3.33. The molecule has 0 spiro atoms. The van der Waals surface area contributed by atoms with Gasteiger partial charge in [0.05, 0.1) is 50.1 Å². The van der Waals surface area contributed by atoms with E-state index in [0.29, 0.717) is 13.1 Å². The van der Waals surface area contributed by atoms with Crippen LogP contribution < -0.4 is 30.7 Å². The van der Waals surface area contributed by atoms with Crippen molar-refractivity contribution >= 4 is 92.7 Å². The number of pyridine rings is 2. The van der Waals surface area contributed by atoms with Crippen LogP contribution in [0.15, 0.2) is 180 Å². The number of aromatic nitrogens is 2. The Bertz CT molecular complexity index is 3050. The number of benzene rings is 6. The molecule has 4 N–H and O–H groups in total. The molecule has 2 aliphatic rings. The smallest absolute Gasteiger partial charge is 0.335 e. The van der Waals surface area contributed by atoms with Crippen LogP contribution >= 0.6 is 12.4 Å². The number of aryl methyl sites for hydroxylation is 2. The van der Waals surface area contributed by atoms with Crippen LogP contribution in [0, 0.1) is 13.8 Å². The van der Waals surface area contributed by atoms with Crippen LogP contribution in [0.1, 0.15) is 44.5 Å². The van der Waals surface area contributed by atoms with Gasteiger partial charge < -0.3 is 30.7 Å². The monoisotopic (exact) mass is 1000 g/mol. The molecule has 14 nitrogen and oxygen atoms in total. The van der Waals surface area contributed by atoms with E-state index in [1.807, 2.05) is 85.2 Å². The number of rotatable bonds is 12. The van der Waals surface area contributed by atoms with Gasteiger partial charge in [0.15, 0.2) is 0 Å². The number of ether oxygens (including phenoxy) is 2.